The van der Waals surface area contributed by atoms with Crippen molar-refractivity contribution in [3.05, 3.63) is 46.5 Å². The minimum absolute atomic E-state index is 0.0613. The van der Waals surface area contributed by atoms with Gasteiger partial charge in [-0.15, -0.1) is 11.3 Å². The van der Waals surface area contributed by atoms with E-state index in [2.05, 4.69) is 10.0 Å². The first-order valence-corrected chi connectivity index (χ1v) is 12.0. The van der Waals surface area contributed by atoms with E-state index in [1.807, 2.05) is 43.5 Å². The number of amides is 2. The number of hydrazone groups is 1. The molecule has 0 N–H and O–H groups in total. The molecule has 172 valence electrons. The second-order valence-electron chi connectivity index (χ2n) is 8.59. The number of hydrogen-bond donors (Lipinski definition) is 0. The van der Waals surface area contributed by atoms with Crippen LogP contribution in [0.15, 0.2) is 45.4 Å². The van der Waals surface area contributed by atoms with E-state index in [0.717, 1.165) is 29.3 Å². The van der Waals surface area contributed by atoms with E-state index in [1.54, 1.807) is 27.5 Å². The van der Waals surface area contributed by atoms with Crippen molar-refractivity contribution in [1.82, 2.24) is 14.8 Å². The van der Waals surface area contributed by atoms with Crippen molar-refractivity contribution in [1.29, 1.82) is 0 Å². The normalized spacial score (nSPS) is 19.8. The summed E-state index contributed by atoms with van der Waals surface area (Å²) >= 11 is 1.62. The Morgan fingerprint density at radius 2 is 2.09 bits per heavy atom. The molecule has 4 rings (SSSR count). The molecular weight excluding hydrogens is 428 g/mol. The molecule has 4 heterocycles. The van der Waals surface area contributed by atoms with E-state index in [0.29, 0.717) is 38.6 Å². The van der Waals surface area contributed by atoms with Gasteiger partial charge in [0.2, 0.25) is 0 Å². The van der Waals surface area contributed by atoms with Gasteiger partial charge in [-0.1, -0.05) is 19.9 Å². The lowest BCUT2D eigenvalue weighted by atomic mass is 10.1. The predicted molar refractivity (Wildman–Crippen MR) is 123 cm³/mol. The molecule has 32 heavy (non-hydrogen) atoms. The van der Waals surface area contributed by atoms with Gasteiger partial charge in [0.1, 0.15) is 11.8 Å². The summed E-state index contributed by atoms with van der Waals surface area (Å²) in [4.78, 5) is 30.5. The lowest BCUT2D eigenvalue weighted by Crippen LogP contribution is -2.40. The number of ether oxygens (including phenoxy) is 1. The third kappa shape index (κ3) is 5.39. The first-order valence-electron chi connectivity index (χ1n) is 11.1. The molecule has 0 aliphatic carbocycles. The maximum Gasteiger partial charge on any atom is 0.409 e. The molecule has 9 heteroatoms. The fraction of sp³-hybridized carbons (Fsp3) is 0.522. The quantitative estimate of drug-likeness (QED) is 0.658. The highest BCUT2D eigenvalue weighted by molar-refractivity contribution is 7.12. The van der Waals surface area contributed by atoms with Gasteiger partial charge < -0.3 is 14.1 Å². The zero-order valence-corrected chi connectivity index (χ0v) is 19.4. The van der Waals surface area contributed by atoms with Gasteiger partial charge in [0.25, 0.3) is 5.91 Å². The van der Waals surface area contributed by atoms with Crippen LogP contribution in [0.3, 0.4) is 0 Å². The Balaban J connectivity index is 1.39. The third-order valence-electron chi connectivity index (χ3n) is 5.59. The molecule has 2 aliphatic rings. The van der Waals surface area contributed by atoms with Crippen LogP contribution in [0.25, 0.3) is 0 Å². The second-order valence-corrected chi connectivity index (χ2v) is 9.53. The Morgan fingerprint density at radius 1 is 1.22 bits per heavy atom. The van der Waals surface area contributed by atoms with Crippen LogP contribution in [-0.2, 0) is 9.53 Å². The van der Waals surface area contributed by atoms with E-state index >= 15 is 0 Å². The van der Waals surface area contributed by atoms with Crippen molar-refractivity contribution in [2.75, 3.05) is 39.3 Å². The Labute approximate surface area is 192 Å². The summed E-state index contributed by atoms with van der Waals surface area (Å²) in [5.41, 5.74) is 0.907. The van der Waals surface area contributed by atoms with Crippen LogP contribution < -0.4 is 0 Å². The third-order valence-corrected chi connectivity index (χ3v) is 6.51. The fourth-order valence-corrected chi connectivity index (χ4v) is 4.66. The van der Waals surface area contributed by atoms with E-state index in [4.69, 9.17) is 9.15 Å². The van der Waals surface area contributed by atoms with E-state index in [-0.39, 0.29) is 24.6 Å². The van der Waals surface area contributed by atoms with Crippen molar-refractivity contribution in [2.24, 2.45) is 11.0 Å². The average molecular weight is 459 g/mol. The first-order chi connectivity index (χ1) is 15.5. The highest BCUT2D eigenvalue weighted by Gasteiger charge is 2.36. The maximum atomic E-state index is 13.3. The molecule has 0 radical (unpaired) electrons. The Morgan fingerprint density at radius 3 is 2.81 bits per heavy atom. The van der Waals surface area contributed by atoms with Crippen molar-refractivity contribution in [3.63, 3.8) is 0 Å². The number of carbonyl (C=O) groups excluding carboxylic acids is 2. The predicted octanol–water partition coefficient (Wildman–Crippen LogP) is 3.82. The molecule has 0 bridgehead atoms. The van der Waals surface area contributed by atoms with Gasteiger partial charge in [0.15, 0.2) is 0 Å². The van der Waals surface area contributed by atoms with Crippen LogP contribution in [0.5, 0.6) is 0 Å². The number of rotatable bonds is 6. The number of hydrogen-bond acceptors (Lipinski definition) is 7. The maximum absolute atomic E-state index is 13.3. The largest absolute Gasteiger partial charge is 0.467 e. The van der Waals surface area contributed by atoms with Crippen LogP contribution >= 0.6 is 11.3 Å². The zero-order chi connectivity index (χ0) is 22.5. The molecule has 2 aromatic heterocycles. The fourth-order valence-electron chi connectivity index (χ4n) is 3.94. The van der Waals surface area contributed by atoms with Crippen LogP contribution in [0.4, 0.5) is 4.79 Å². The van der Waals surface area contributed by atoms with Gasteiger partial charge in [0, 0.05) is 32.6 Å². The molecule has 2 aromatic rings. The number of carbonyl (C=O) groups is 2. The monoisotopic (exact) mass is 458 g/mol. The lowest BCUT2D eigenvalue weighted by molar-refractivity contribution is -0.134. The number of nitrogens with zero attached hydrogens (tertiary/aromatic N) is 4. The Hall–Kier alpha value is -2.65. The molecule has 1 atom stereocenters. The van der Waals surface area contributed by atoms with Crippen LogP contribution in [0, 0.1) is 5.92 Å². The van der Waals surface area contributed by atoms with E-state index < -0.39 is 0 Å². The van der Waals surface area contributed by atoms with Crippen molar-refractivity contribution < 1.29 is 18.7 Å². The first kappa shape index (κ1) is 22.5. The summed E-state index contributed by atoms with van der Waals surface area (Å²) in [6, 6.07) is 7.51. The van der Waals surface area contributed by atoms with E-state index in [9.17, 15) is 9.59 Å². The molecule has 1 saturated heterocycles. The van der Waals surface area contributed by atoms with Crippen LogP contribution in [-0.4, -0.2) is 71.9 Å². The smallest absolute Gasteiger partial charge is 0.409 e. The van der Waals surface area contributed by atoms with Gasteiger partial charge in [-0.25, -0.2) is 9.80 Å². The Bertz CT molecular complexity index is 926. The minimum atomic E-state index is -0.269. The summed E-state index contributed by atoms with van der Waals surface area (Å²) in [7, 11) is 0. The van der Waals surface area contributed by atoms with Gasteiger partial charge >= 0.3 is 6.09 Å². The summed E-state index contributed by atoms with van der Waals surface area (Å²) < 4.78 is 11.0. The van der Waals surface area contributed by atoms with Crippen LogP contribution in [0.1, 0.15) is 43.4 Å². The summed E-state index contributed by atoms with van der Waals surface area (Å²) in [6.07, 6.45) is 2.79. The highest BCUT2D eigenvalue weighted by Crippen LogP contribution is 2.34. The molecule has 0 spiro atoms. The summed E-state index contributed by atoms with van der Waals surface area (Å²) in [5.74, 6) is 0.986. The molecule has 0 saturated carbocycles. The van der Waals surface area contributed by atoms with Crippen molar-refractivity contribution >= 4 is 29.0 Å². The average Bonchev–Trinajstić information content (AvgIpc) is 3.52. The van der Waals surface area contributed by atoms with Crippen molar-refractivity contribution in [2.45, 2.75) is 32.7 Å². The zero-order valence-electron chi connectivity index (χ0n) is 18.6. The molecule has 2 aliphatic heterocycles. The standard InChI is InChI=1S/C23H30N4O4S/c1-17(2)16-31-23(29)26-9-5-8-25(10-11-26)15-22(28)27-19(20-6-3-12-30-20)14-18(24-27)21-7-4-13-32-21/h3-4,6-7,12-13,17,19H,5,8-11,14-16H2,1-2H3. The van der Waals surface area contributed by atoms with Crippen LogP contribution in [0.2, 0.25) is 0 Å². The van der Waals surface area contributed by atoms with Gasteiger partial charge in [-0.05, 0) is 35.9 Å². The molecule has 1 unspecified atom stereocenters. The molecule has 1 fully saturated rings. The SMILES string of the molecule is CC(C)COC(=O)N1CCCN(CC(=O)N2N=C(c3cccs3)CC2c2ccco2)CC1. The summed E-state index contributed by atoms with van der Waals surface area (Å²) in [5, 5.41) is 8.27. The minimum Gasteiger partial charge on any atom is -0.467 e. The Kier molecular flexibility index (Phi) is 7.26. The molecular formula is C23H30N4O4S. The second kappa shape index (κ2) is 10.3. The van der Waals surface area contributed by atoms with E-state index in [1.165, 1.54) is 0 Å². The highest BCUT2D eigenvalue weighted by atomic mass is 32.1. The molecule has 0 aromatic carbocycles. The van der Waals surface area contributed by atoms with Gasteiger partial charge in [-0.2, -0.15) is 5.10 Å². The van der Waals surface area contributed by atoms with Crippen molar-refractivity contribution in [3.8, 4) is 0 Å². The molecule has 2 amide bonds. The number of thiophene rings is 1. The van der Waals surface area contributed by atoms with Gasteiger partial charge in [-0.3, -0.25) is 9.69 Å². The topological polar surface area (TPSA) is 78.6 Å². The number of furan rings is 1. The molecule has 8 nitrogen and oxygen atoms in total. The summed E-state index contributed by atoms with van der Waals surface area (Å²) in [6.45, 7) is 7.28. The van der Waals surface area contributed by atoms with Gasteiger partial charge in [0.05, 0.1) is 30.0 Å². The lowest BCUT2D eigenvalue weighted by Gasteiger charge is -2.25.